The molecule has 1 aromatic heterocycles. The number of anilines is 1. The van der Waals surface area contributed by atoms with Crippen molar-refractivity contribution in [3.05, 3.63) is 23.7 Å². The molecule has 0 bridgehead atoms. The minimum Gasteiger partial charge on any atom is -0.448 e. The highest BCUT2D eigenvalue weighted by Crippen LogP contribution is 2.17. The predicted octanol–water partition coefficient (Wildman–Crippen LogP) is 1.91. The largest absolute Gasteiger partial charge is 0.448 e. The standard InChI is InChI=1S/C14H19N3O3S/c1-3-6-15-14-16-11(9-21-14)13(19)20-10(2)12(18)17-7-4-5-8-17/h3,9-10H,1,4-8H2,2H3,(H,15,16). The number of carbonyl (C=O) groups excluding carboxylic acids is 2. The van der Waals surface area contributed by atoms with Crippen molar-refractivity contribution in [2.45, 2.75) is 25.9 Å². The van der Waals surface area contributed by atoms with E-state index < -0.39 is 12.1 Å². The molecule has 1 N–H and O–H groups in total. The van der Waals surface area contributed by atoms with Gasteiger partial charge in [0.2, 0.25) is 0 Å². The molecule has 0 aliphatic carbocycles. The Hall–Kier alpha value is -1.89. The number of amides is 1. The van der Waals surface area contributed by atoms with Crippen LogP contribution in [0.1, 0.15) is 30.3 Å². The second-order valence-electron chi connectivity index (χ2n) is 4.79. The predicted molar refractivity (Wildman–Crippen MR) is 81.5 cm³/mol. The molecule has 21 heavy (non-hydrogen) atoms. The first-order valence-electron chi connectivity index (χ1n) is 6.92. The van der Waals surface area contributed by atoms with E-state index in [9.17, 15) is 9.59 Å². The zero-order valence-electron chi connectivity index (χ0n) is 12.0. The third-order valence-corrected chi connectivity index (χ3v) is 3.96. The number of carbonyl (C=O) groups is 2. The number of likely N-dealkylation sites (tertiary alicyclic amines) is 1. The van der Waals surface area contributed by atoms with Gasteiger partial charge < -0.3 is 15.0 Å². The molecule has 1 aliphatic rings. The van der Waals surface area contributed by atoms with Crippen LogP contribution in [0.4, 0.5) is 5.13 Å². The molecular formula is C14H19N3O3S. The Balaban J connectivity index is 1.89. The van der Waals surface area contributed by atoms with E-state index in [-0.39, 0.29) is 11.6 Å². The van der Waals surface area contributed by atoms with E-state index in [0.717, 1.165) is 25.9 Å². The highest BCUT2D eigenvalue weighted by Gasteiger charge is 2.26. The molecule has 0 spiro atoms. The van der Waals surface area contributed by atoms with Crippen LogP contribution < -0.4 is 5.32 Å². The van der Waals surface area contributed by atoms with Crippen molar-refractivity contribution in [1.29, 1.82) is 0 Å². The molecule has 2 rings (SSSR count). The summed E-state index contributed by atoms with van der Waals surface area (Å²) in [5.74, 6) is -0.709. The first-order chi connectivity index (χ1) is 10.1. The van der Waals surface area contributed by atoms with Crippen molar-refractivity contribution in [2.24, 2.45) is 0 Å². The topological polar surface area (TPSA) is 71.5 Å². The quantitative estimate of drug-likeness (QED) is 0.642. The minimum absolute atomic E-state index is 0.138. The maximum atomic E-state index is 12.1. The summed E-state index contributed by atoms with van der Waals surface area (Å²) in [5, 5.41) is 5.23. The van der Waals surface area contributed by atoms with Gasteiger partial charge in [-0.05, 0) is 19.8 Å². The lowest BCUT2D eigenvalue weighted by molar-refractivity contribution is -0.138. The van der Waals surface area contributed by atoms with Crippen molar-refractivity contribution in [1.82, 2.24) is 9.88 Å². The summed E-state index contributed by atoms with van der Waals surface area (Å²) in [5.41, 5.74) is 0.215. The summed E-state index contributed by atoms with van der Waals surface area (Å²) in [6, 6.07) is 0. The average molecular weight is 309 g/mol. The van der Waals surface area contributed by atoms with Crippen molar-refractivity contribution in [2.75, 3.05) is 25.0 Å². The van der Waals surface area contributed by atoms with Crippen LogP contribution in [-0.2, 0) is 9.53 Å². The number of ether oxygens (including phenoxy) is 1. The second-order valence-corrected chi connectivity index (χ2v) is 5.65. The average Bonchev–Trinajstić information content (AvgIpc) is 3.15. The van der Waals surface area contributed by atoms with Gasteiger partial charge in [0.05, 0.1) is 0 Å². The molecule has 1 amide bonds. The highest BCUT2D eigenvalue weighted by molar-refractivity contribution is 7.13. The minimum atomic E-state index is -0.776. The van der Waals surface area contributed by atoms with Gasteiger partial charge in [-0.15, -0.1) is 17.9 Å². The lowest BCUT2D eigenvalue weighted by atomic mass is 10.3. The third-order valence-electron chi connectivity index (χ3n) is 3.16. The van der Waals surface area contributed by atoms with Crippen LogP contribution in [0.5, 0.6) is 0 Å². The molecule has 1 unspecified atom stereocenters. The molecule has 0 saturated carbocycles. The molecular weight excluding hydrogens is 290 g/mol. The van der Waals surface area contributed by atoms with Gasteiger partial charge in [-0.1, -0.05) is 6.08 Å². The first kappa shape index (κ1) is 15.5. The molecule has 6 nitrogen and oxygen atoms in total. The Kier molecular flexibility index (Phi) is 5.32. The van der Waals surface area contributed by atoms with Crippen LogP contribution in [0.3, 0.4) is 0 Å². The Labute approximate surface area is 127 Å². The molecule has 7 heteroatoms. The van der Waals surface area contributed by atoms with Crippen molar-refractivity contribution in [3.63, 3.8) is 0 Å². The Morgan fingerprint density at radius 2 is 2.29 bits per heavy atom. The normalized spacial score (nSPS) is 15.6. The number of nitrogens with zero attached hydrogens (tertiary/aromatic N) is 2. The van der Waals surface area contributed by atoms with Crippen LogP contribution >= 0.6 is 11.3 Å². The van der Waals surface area contributed by atoms with E-state index in [1.54, 1.807) is 23.3 Å². The van der Waals surface area contributed by atoms with Crippen molar-refractivity contribution >= 4 is 28.3 Å². The van der Waals surface area contributed by atoms with Crippen LogP contribution in [0, 0.1) is 0 Å². The number of hydrogen-bond acceptors (Lipinski definition) is 6. The summed E-state index contributed by atoms with van der Waals surface area (Å²) < 4.78 is 5.19. The lowest BCUT2D eigenvalue weighted by Crippen LogP contribution is -2.38. The number of nitrogens with one attached hydrogen (secondary N) is 1. The fourth-order valence-electron chi connectivity index (χ4n) is 2.07. The summed E-state index contributed by atoms with van der Waals surface area (Å²) >= 11 is 1.31. The number of esters is 1. The number of hydrogen-bond donors (Lipinski definition) is 1. The first-order valence-corrected chi connectivity index (χ1v) is 7.80. The SMILES string of the molecule is C=CCNc1nc(C(=O)OC(C)C(=O)N2CCCC2)cs1. The Morgan fingerprint density at radius 1 is 1.57 bits per heavy atom. The molecule has 0 radical (unpaired) electrons. The van der Waals surface area contributed by atoms with E-state index in [2.05, 4.69) is 16.9 Å². The van der Waals surface area contributed by atoms with E-state index in [1.165, 1.54) is 11.3 Å². The summed E-state index contributed by atoms with van der Waals surface area (Å²) in [4.78, 5) is 29.9. The van der Waals surface area contributed by atoms with E-state index in [1.807, 2.05) is 0 Å². The van der Waals surface area contributed by atoms with E-state index >= 15 is 0 Å². The van der Waals surface area contributed by atoms with Crippen LogP contribution in [0.15, 0.2) is 18.0 Å². The maximum absolute atomic E-state index is 12.1. The molecule has 1 saturated heterocycles. The van der Waals surface area contributed by atoms with Gasteiger partial charge in [0.1, 0.15) is 0 Å². The second kappa shape index (κ2) is 7.21. The lowest BCUT2D eigenvalue weighted by Gasteiger charge is -2.19. The fraction of sp³-hybridized carbons (Fsp3) is 0.500. The van der Waals surface area contributed by atoms with Gasteiger partial charge in [0.15, 0.2) is 16.9 Å². The smallest absolute Gasteiger partial charge is 0.358 e. The van der Waals surface area contributed by atoms with Crippen molar-refractivity contribution < 1.29 is 14.3 Å². The van der Waals surface area contributed by atoms with Gasteiger partial charge in [0, 0.05) is 25.0 Å². The zero-order valence-corrected chi connectivity index (χ0v) is 12.8. The number of thiazole rings is 1. The van der Waals surface area contributed by atoms with Gasteiger partial charge >= 0.3 is 5.97 Å². The Morgan fingerprint density at radius 3 is 2.95 bits per heavy atom. The molecule has 1 atom stereocenters. The maximum Gasteiger partial charge on any atom is 0.358 e. The molecule has 2 heterocycles. The third kappa shape index (κ3) is 4.04. The van der Waals surface area contributed by atoms with Crippen molar-refractivity contribution in [3.8, 4) is 0 Å². The van der Waals surface area contributed by atoms with Crippen LogP contribution in [0.2, 0.25) is 0 Å². The monoisotopic (exact) mass is 309 g/mol. The zero-order chi connectivity index (χ0) is 15.2. The summed E-state index contributed by atoms with van der Waals surface area (Å²) in [7, 11) is 0. The van der Waals surface area contributed by atoms with Gasteiger partial charge in [-0.2, -0.15) is 0 Å². The van der Waals surface area contributed by atoms with Crippen LogP contribution in [0.25, 0.3) is 0 Å². The van der Waals surface area contributed by atoms with Gasteiger partial charge in [0.25, 0.3) is 5.91 Å². The molecule has 114 valence electrons. The molecule has 1 aliphatic heterocycles. The van der Waals surface area contributed by atoms with Crippen LogP contribution in [-0.4, -0.2) is 47.5 Å². The fourth-order valence-corrected chi connectivity index (χ4v) is 2.76. The Bertz CT molecular complexity index is 523. The number of aromatic nitrogens is 1. The number of rotatable bonds is 6. The summed E-state index contributed by atoms with van der Waals surface area (Å²) in [6.07, 6.45) is 2.95. The molecule has 1 aromatic rings. The highest BCUT2D eigenvalue weighted by atomic mass is 32.1. The van der Waals surface area contributed by atoms with Gasteiger partial charge in [-0.3, -0.25) is 4.79 Å². The summed E-state index contributed by atoms with van der Waals surface area (Å²) in [6.45, 7) is 7.26. The van der Waals surface area contributed by atoms with E-state index in [4.69, 9.17) is 4.74 Å². The molecule has 0 aromatic carbocycles. The van der Waals surface area contributed by atoms with E-state index in [0.29, 0.717) is 11.7 Å². The molecule has 1 fully saturated rings. The van der Waals surface area contributed by atoms with Gasteiger partial charge in [-0.25, -0.2) is 9.78 Å².